The molecule has 1 heterocycles. The summed E-state index contributed by atoms with van der Waals surface area (Å²) in [6.45, 7) is 7.85. The summed E-state index contributed by atoms with van der Waals surface area (Å²) in [4.78, 5) is 0. The van der Waals surface area contributed by atoms with Crippen LogP contribution in [0.15, 0.2) is 0 Å². The van der Waals surface area contributed by atoms with Gasteiger partial charge in [-0.1, -0.05) is 13.3 Å². The average Bonchev–Trinajstić information content (AvgIpc) is 2.56. The highest BCUT2D eigenvalue weighted by Gasteiger charge is 2.16. The van der Waals surface area contributed by atoms with E-state index in [1.54, 1.807) is 0 Å². The Labute approximate surface area is 85.5 Å². The molecule has 0 aliphatic heterocycles. The molecule has 1 aromatic heterocycles. The third-order valence-corrected chi connectivity index (χ3v) is 2.57. The number of nitrogens with zero attached hydrogens (tertiary/aromatic N) is 3. The third-order valence-electron chi connectivity index (χ3n) is 2.57. The van der Waals surface area contributed by atoms with Gasteiger partial charge >= 0.3 is 0 Å². The monoisotopic (exact) mass is 196 g/mol. The lowest BCUT2D eigenvalue weighted by molar-refractivity contribution is 0.546. The van der Waals surface area contributed by atoms with Gasteiger partial charge in [0.2, 0.25) is 0 Å². The highest BCUT2D eigenvalue weighted by molar-refractivity contribution is 5.01. The maximum Gasteiger partial charge on any atom is 0.137 e. The van der Waals surface area contributed by atoms with Gasteiger partial charge < -0.3 is 10.3 Å². The van der Waals surface area contributed by atoms with Gasteiger partial charge in [-0.2, -0.15) is 0 Å². The molecule has 4 heteroatoms. The van der Waals surface area contributed by atoms with Gasteiger partial charge in [0, 0.05) is 19.0 Å². The molecule has 0 aromatic carbocycles. The highest BCUT2D eigenvalue weighted by atomic mass is 15.3. The fourth-order valence-electron chi connectivity index (χ4n) is 1.79. The molecule has 0 radical (unpaired) electrons. The second-order valence-electron chi connectivity index (χ2n) is 3.57. The topological polar surface area (TPSA) is 56.7 Å². The third kappa shape index (κ3) is 2.12. The van der Waals surface area contributed by atoms with E-state index >= 15 is 0 Å². The summed E-state index contributed by atoms with van der Waals surface area (Å²) >= 11 is 0. The molecule has 1 aromatic rings. The number of hydrogen-bond donors (Lipinski definition) is 1. The fourth-order valence-corrected chi connectivity index (χ4v) is 1.79. The molecular formula is C10H20N4. The van der Waals surface area contributed by atoms with E-state index in [2.05, 4.69) is 28.6 Å². The second-order valence-corrected chi connectivity index (χ2v) is 3.57. The van der Waals surface area contributed by atoms with Crippen molar-refractivity contribution in [3.8, 4) is 0 Å². The molecule has 0 saturated carbocycles. The van der Waals surface area contributed by atoms with Crippen molar-refractivity contribution in [2.24, 2.45) is 5.73 Å². The molecular weight excluding hydrogens is 176 g/mol. The van der Waals surface area contributed by atoms with E-state index in [-0.39, 0.29) is 0 Å². The van der Waals surface area contributed by atoms with Crippen molar-refractivity contribution >= 4 is 0 Å². The van der Waals surface area contributed by atoms with Crippen molar-refractivity contribution in [3.05, 3.63) is 11.6 Å². The largest absolute Gasteiger partial charge is 0.330 e. The number of rotatable bonds is 5. The Hall–Kier alpha value is -0.900. The molecule has 14 heavy (non-hydrogen) atoms. The molecule has 1 rings (SSSR count). The van der Waals surface area contributed by atoms with Crippen LogP contribution in [0.1, 0.15) is 44.3 Å². The summed E-state index contributed by atoms with van der Waals surface area (Å²) in [6, 6.07) is 0. The lowest BCUT2D eigenvalue weighted by Gasteiger charge is -2.14. The zero-order valence-electron chi connectivity index (χ0n) is 9.32. The van der Waals surface area contributed by atoms with Crippen LogP contribution in [0, 0.1) is 6.92 Å². The summed E-state index contributed by atoms with van der Waals surface area (Å²) in [5.74, 6) is 2.40. The van der Waals surface area contributed by atoms with Crippen LogP contribution < -0.4 is 5.73 Å². The first-order chi connectivity index (χ1) is 6.74. The van der Waals surface area contributed by atoms with Crippen LogP contribution in [0.3, 0.4) is 0 Å². The quantitative estimate of drug-likeness (QED) is 0.775. The number of nitrogens with two attached hydrogens (primary N) is 1. The van der Waals surface area contributed by atoms with E-state index in [0.717, 1.165) is 31.0 Å². The van der Waals surface area contributed by atoms with Crippen molar-refractivity contribution in [3.63, 3.8) is 0 Å². The molecule has 0 aliphatic carbocycles. The van der Waals surface area contributed by atoms with Crippen LogP contribution in [0.25, 0.3) is 0 Å². The second kappa shape index (κ2) is 5.10. The van der Waals surface area contributed by atoms with Gasteiger partial charge in [-0.05, 0) is 20.3 Å². The van der Waals surface area contributed by atoms with E-state index in [1.807, 2.05) is 6.92 Å². The molecule has 2 N–H and O–H groups in total. The SMILES string of the molecule is CCCC(CN)c1nnc(C)n1CC. The first kappa shape index (κ1) is 11.2. The number of aryl methyl sites for hydroxylation is 1. The lowest BCUT2D eigenvalue weighted by Crippen LogP contribution is -2.17. The minimum atomic E-state index is 0.362. The van der Waals surface area contributed by atoms with Crippen molar-refractivity contribution in [1.82, 2.24) is 14.8 Å². The maximum absolute atomic E-state index is 5.74. The van der Waals surface area contributed by atoms with Gasteiger partial charge in [-0.3, -0.25) is 0 Å². The molecule has 1 unspecified atom stereocenters. The Kier molecular flexibility index (Phi) is 4.07. The zero-order chi connectivity index (χ0) is 10.6. The van der Waals surface area contributed by atoms with Gasteiger partial charge in [-0.25, -0.2) is 0 Å². The predicted octanol–water partition coefficient (Wildman–Crippen LogP) is 1.45. The summed E-state index contributed by atoms with van der Waals surface area (Å²) in [5, 5.41) is 8.31. The molecule has 0 aliphatic rings. The molecule has 0 amide bonds. The van der Waals surface area contributed by atoms with Crippen LogP contribution in [-0.2, 0) is 6.54 Å². The van der Waals surface area contributed by atoms with E-state index in [0.29, 0.717) is 12.5 Å². The Morgan fingerprint density at radius 1 is 1.36 bits per heavy atom. The lowest BCUT2D eigenvalue weighted by atomic mass is 10.0. The van der Waals surface area contributed by atoms with Crippen molar-refractivity contribution < 1.29 is 0 Å². The van der Waals surface area contributed by atoms with E-state index in [9.17, 15) is 0 Å². The average molecular weight is 196 g/mol. The summed E-state index contributed by atoms with van der Waals surface area (Å²) in [5.41, 5.74) is 5.74. The molecule has 0 saturated heterocycles. The predicted molar refractivity (Wildman–Crippen MR) is 57.1 cm³/mol. The zero-order valence-corrected chi connectivity index (χ0v) is 9.32. The van der Waals surface area contributed by atoms with Crippen molar-refractivity contribution in [2.75, 3.05) is 6.54 Å². The van der Waals surface area contributed by atoms with Crippen LogP contribution in [-0.4, -0.2) is 21.3 Å². The maximum atomic E-state index is 5.74. The summed E-state index contributed by atoms with van der Waals surface area (Å²) < 4.78 is 2.15. The molecule has 80 valence electrons. The molecule has 0 fully saturated rings. The summed E-state index contributed by atoms with van der Waals surface area (Å²) in [6.07, 6.45) is 2.23. The van der Waals surface area contributed by atoms with E-state index in [4.69, 9.17) is 5.73 Å². The van der Waals surface area contributed by atoms with E-state index < -0.39 is 0 Å². The molecule has 0 bridgehead atoms. The Morgan fingerprint density at radius 3 is 2.57 bits per heavy atom. The van der Waals surface area contributed by atoms with Crippen LogP contribution in [0.2, 0.25) is 0 Å². The normalized spacial score (nSPS) is 13.1. The van der Waals surface area contributed by atoms with Crippen LogP contribution in [0.5, 0.6) is 0 Å². The minimum absolute atomic E-state index is 0.362. The van der Waals surface area contributed by atoms with Gasteiger partial charge in [-0.15, -0.1) is 10.2 Å². The van der Waals surface area contributed by atoms with Crippen LogP contribution >= 0.6 is 0 Å². The first-order valence-corrected chi connectivity index (χ1v) is 5.34. The van der Waals surface area contributed by atoms with Crippen LogP contribution in [0.4, 0.5) is 0 Å². The van der Waals surface area contributed by atoms with Gasteiger partial charge in [0.05, 0.1) is 0 Å². The highest BCUT2D eigenvalue weighted by Crippen LogP contribution is 2.18. The standard InChI is InChI=1S/C10H20N4/c1-4-6-9(7-11)10-13-12-8(3)14(10)5-2/h9H,4-7,11H2,1-3H3. The first-order valence-electron chi connectivity index (χ1n) is 5.34. The van der Waals surface area contributed by atoms with Crippen molar-refractivity contribution in [1.29, 1.82) is 0 Å². The van der Waals surface area contributed by atoms with E-state index in [1.165, 1.54) is 0 Å². The number of aromatic nitrogens is 3. The Bertz CT molecular complexity index is 280. The molecule has 0 spiro atoms. The van der Waals surface area contributed by atoms with Crippen molar-refractivity contribution in [2.45, 2.75) is 46.1 Å². The molecule has 4 nitrogen and oxygen atoms in total. The number of hydrogen-bond acceptors (Lipinski definition) is 3. The molecule has 1 atom stereocenters. The summed E-state index contributed by atoms with van der Waals surface area (Å²) in [7, 11) is 0. The fraction of sp³-hybridized carbons (Fsp3) is 0.800. The smallest absolute Gasteiger partial charge is 0.137 e. The Morgan fingerprint density at radius 2 is 2.07 bits per heavy atom. The minimum Gasteiger partial charge on any atom is -0.330 e. The van der Waals surface area contributed by atoms with Gasteiger partial charge in [0.1, 0.15) is 11.6 Å². The van der Waals surface area contributed by atoms with Gasteiger partial charge in [0.15, 0.2) is 0 Å². The van der Waals surface area contributed by atoms with Gasteiger partial charge in [0.25, 0.3) is 0 Å². The Balaban J connectivity index is 2.91.